The average Bonchev–Trinajstić information content (AvgIpc) is 3.24. The molecule has 2 aliphatic rings. The van der Waals surface area contributed by atoms with Crippen molar-refractivity contribution < 1.29 is 9.84 Å². The Morgan fingerprint density at radius 1 is 1.17 bits per heavy atom. The number of aromatic nitrogens is 2. The third-order valence-electron chi connectivity index (χ3n) is 4.63. The molecule has 2 fully saturated rings. The van der Waals surface area contributed by atoms with Crippen LogP contribution in [-0.4, -0.2) is 53.5 Å². The van der Waals surface area contributed by atoms with Crippen molar-refractivity contribution in [1.82, 2.24) is 9.97 Å². The number of benzene rings is 1. The van der Waals surface area contributed by atoms with E-state index < -0.39 is 5.60 Å². The van der Waals surface area contributed by atoms with Crippen LogP contribution in [-0.2, 0) is 4.74 Å². The molecule has 23 heavy (non-hydrogen) atoms. The van der Waals surface area contributed by atoms with Crippen LogP contribution in [0.2, 0.25) is 0 Å². The second kappa shape index (κ2) is 5.94. The molecular formula is C17H22N4O2. The van der Waals surface area contributed by atoms with Crippen LogP contribution in [0.15, 0.2) is 24.3 Å². The first-order valence-electron chi connectivity index (χ1n) is 8.29. The minimum absolute atomic E-state index is 0.375. The minimum atomic E-state index is -0.810. The largest absolute Gasteiger partial charge is 0.386 e. The van der Waals surface area contributed by atoms with E-state index in [4.69, 9.17) is 14.7 Å². The molecule has 1 aromatic heterocycles. The van der Waals surface area contributed by atoms with E-state index in [1.807, 2.05) is 24.3 Å². The van der Waals surface area contributed by atoms with Gasteiger partial charge in [-0.2, -0.15) is 0 Å². The van der Waals surface area contributed by atoms with Crippen LogP contribution in [0.1, 0.15) is 19.3 Å². The smallest absolute Gasteiger partial charge is 0.172 e. The summed E-state index contributed by atoms with van der Waals surface area (Å²) in [5.41, 5.74) is 0.964. The van der Waals surface area contributed by atoms with Crippen LogP contribution >= 0.6 is 0 Å². The highest BCUT2D eigenvalue weighted by atomic mass is 16.5. The van der Waals surface area contributed by atoms with Gasteiger partial charge in [0, 0.05) is 32.7 Å². The molecule has 1 atom stereocenters. The molecule has 2 saturated heterocycles. The monoisotopic (exact) mass is 314 g/mol. The lowest BCUT2D eigenvalue weighted by molar-refractivity contribution is 0.0381. The van der Waals surface area contributed by atoms with Crippen molar-refractivity contribution in [2.24, 2.45) is 0 Å². The summed E-state index contributed by atoms with van der Waals surface area (Å²) in [6.45, 7) is 3.44. The van der Waals surface area contributed by atoms with Crippen LogP contribution in [0.5, 0.6) is 0 Å². The third-order valence-corrected chi connectivity index (χ3v) is 4.63. The van der Waals surface area contributed by atoms with Gasteiger partial charge in [-0.1, -0.05) is 12.1 Å². The van der Waals surface area contributed by atoms with Gasteiger partial charge in [-0.3, -0.25) is 0 Å². The van der Waals surface area contributed by atoms with Gasteiger partial charge in [0.05, 0.1) is 17.6 Å². The van der Waals surface area contributed by atoms with E-state index in [-0.39, 0.29) is 0 Å². The lowest BCUT2D eigenvalue weighted by Crippen LogP contribution is -2.38. The molecule has 0 saturated carbocycles. The molecule has 3 heterocycles. The number of hydrogen-bond acceptors (Lipinski definition) is 6. The molecule has 2 aromatic rings. The second-order valence-corrected chi connectivity index (χ2v) is 6.46. The molecular weight excluding hydrogens is 292 g/mol. The molecule has 2 N–H and O–H groups in total. The Hall–Kier alpha value is -1.92. The van der Waals surface area contributed by atoms with Gasteiger partial charge >= 0.3 is 0 Å². The lowest BCUT2D eigenvalue weighted by Gasteiger charge is -2.24. The van der Waals surface area contributed by atoms with Crippen molar-refractivity contribution in [3.8, 4) is 0 Å². The van der Waals surface area contributed by atoms with E-state index >= 15 is 0 Å². The number of fused-ring (bicyclic) bond motifs is 1. The predicted octanol–water partition coefficient (Wildman–Crippen LogP) is 1.79. The fraction of sp³-hybridized carbons (Fsp3) is 0.529. The molecule has 6 nitrogen and oxygen atoms in total. The molecule has 1 aromatic carbocycles. The van der Waals surface area contributed by atoms with Gasteiger partial charge in [-0.05, 0) is 25.0 Å². The van der Waals surface area contributed by atoms with Gasteiger partial charge in [0.1, 0.15) is 5.60 Å². The van der Waals surface area contributed by atoms with Crippen LogP contribution in [0.3, 0.4) is 0 Å². The maximum Gasteiger partial charge on any atom is 0.172 e. The standard InChI is InChI=1S/C17H22N4O2/c22-17(7-10-23-12-17)11-18-15-16(21-8-3-4-9-21)20-14-6-2-1-5-13(14)19-15/h1-2,5-6,22H,3-4,7-12H2,(H,18,19)/t17-/m0/s1. The summed E-state index contributed by atoms with van der Waals surface area (Å²) < 4.78 is 5.31. The minimum Gasteiger partial charge on any atom is -0.386 e. The summed E-state index contributed by atoms with van der Waals surface area (Å²) in [7, 11) is 0. The van der Waals surface area contributed by atoms with Gasteiger partial charge < -0.3 is 20.1 Å². The van der Waals surface area contributed by atoms with Gasteiger partial charge in [0.2, 0.25) is 0 Å². The lowest BCUT2D eigenvalue weighted by atomic mass is 10.0. The zero-order valence-electron chi connectivity index (χ0n) is 13.2. The maximum absolute atomic E-state index is 10.5. The topological polar surface area (TPSA) is 70.5 Å². The van der Waals surface area contributed by atoms with Gasteiger partial charge in [0.25, 0.3) is 0 Å². The Morgan fingerprint density at radius 3 is 2.61 bits per heavy atom. The third kappa shape index (κ3) is 2.96. The molecule has 2 aliphatic heterocycles. The van der Waals surface area contributed by atoms with Gasteiger partial charge in [0.15, 0.2) is 11.6 Å². The normalized spacial score (nSPS) is 24.5. The second-order valence-electron chi connectivity index (χ2n) is 6.46. The van der Waals surface area contributed by atoms with Crippen molar-refractivity contribution in [1.29, 1.82) is 0 Å². The molecule has 122 valence electrons. The first-order valence-corrected chi connectivity index (χ1v) is 8.29. The maximum atomic E-state index is 10.5. The highest BCUT2D eigenvalue weighted by Crippen LogP contribution is 2.29. The van der Waals surface area contributed by atoms with Crippen LogP contribution in [0.25, 0.3) is 11.0 Å². The number of nitrogens with one attached hydrogen (secondary N) is 1. The Labute approximate surface area is 135 Å². The van der Waals surface area contributed by atoms with Gasteiger partial charge in [-0.15, -0.1) is 0 Å². The predicted molar refractivity (Wildman–Crippen MR) is 89.9 cm³/mol. The Bertz CT molecular complexity index is 694. The number of aliphatic hydroxyl groups is 1. The summed E-state index contributed by atoms with van der Waals surface area (Å²) in [6, 6.07) is 7.91. The highest BCUT2D eigenvalue weighted by Gasteiger charge is 2.32. The Kier molecular flexibility index (Phi) is 3.79. The van der Waals surface area contributed by atoms with Crippen molar-refractivity contribution in [3.63, 3.8) is 0 Å². The van der Waals surface area contributed by atoms with E-state index in [1.54, 1.807) is 0 Å². The first kappa shape index (κ1) is 14.7. The first-order chi connectivity index (χ1) is 11.2. The molecule has 0 spiro atoms. The highest BCUT2D eigenvalue weighted by molar-refractivity contribution is 5.80. The van der Waals surface area contributed by atoms with Crippen LogP contribution in [0, 0.1) is 0 Å². The van der Waals surface area contributed by atoms with Crippen molar-refractivity contribution in [2.45, 2.75) is 24.9 Å². The summed E-state index contributed by atoms with van der Waals surface area (Å²) in [6.07, 6.45) is 3.03. The zero-order valence-corrected chi connectivity index (χ0v) is 13.2. The number of nitrogens with zero attached hydrogens (tertiary/aromatic N) is 3. The van der Waals surface area contributed by atoms with Gasteiger partial charge in [-0.25, -0.2) is 9.97 Å². The SMILES string of the molecule is O[C@]1(CNc2nc3ccccc3nc2N2CCCC2)CCOC1. The van der Waals surface area contributed by atoms with Crippen LogP contribution in [0.4, 0.5) is 11.6 Å². The molecule has 6 heteroatoms. The molecule has 0 radical (unpaired) electrons. The van der Waals surface area contributed by atoms with Crippen LogP contribution < -0.4 is 10.2 Å². The van der Waals surface area contributed by atoms with Crippen molar-refractivity contribution >= 4 is 22.7 Å². The average molecular weight is 314 g/mol. The quantitative estimate of drug-likeness (QED) is 0.897. The number of anilines is 2. The molecule has 4 rings (SSSR count). The fourth-order valence-electron chi connectivity index (χ4n) is 3.24. The molecule has 0 aliphatic carbocycles. The zero-order chi connectivity index (χ0) is 15.7. The number of rotatable bonds is 4. The van der Waals surface area contributed by atoms with E-state index in [0.717, 1.165) is 35.8 Å². The Morgan fingerprint density at radius 2 is 1.91 bits per heavy atom. The molecule has 0 bridgehead atoms. The molecule has 0 amide bonds. The van der Waals surface area contributed by atoms with E-state index in [9.17, 15) is 5.11 Å². The summed E-state index contributed by atoms with van der Waals surface area (Å²) in [5.74, 6) is 1.65. The van der Waals surface area contributed by atoms with Crippen molar-refractivity contribution in [3.05, 3.63) is 24.3 Å². The number of hydrogen-bond donors (Lipinski definition) is 2. The van der Waals surface area contributed by atoms with E-state index in [0.29, 0.717) is 26.2 Å². The summed E-state index contributed by atoms with van der Waals surface area (Å²) >= 11 is 0. The van der Waals surface area contributed by atoms with Crippen molar-refractivity contribution in [2.75, 3.05) is 43.1 Å². The van der Waals surface area contributed by atoms with E-state index in [2.05, 4.69) is 10.2 Å². The molecule has 0 unspecified atom stereocenters. The fourth-order valence-corrected chi connectivity index (χ4v) is 3.24. The Balaban J connectivity index is 1.66. The summed E-state index contributed by atoms with van der Waals surface area (Å²) in [5, 5.41) is 13.8. The van der Waals surface area contributed by atoms with E-state index in [1.165, 1.54) is 12.8 Å². The number of ether oxygens (including phenoxy) is 1. The summed E-state index contributed by atoms with van der Waals surface area (Å²) in [4.78, 5) is 11.8. The number of para-hydroxylation sites is 2.